The van der Waals surface area contributed by atoms with Gasteiger partial charge in [0.15, 0.2) is 0 Å². The van der Waals surface area contributed by atoms with Gasteiger partial charge in [-0.1, -0.05) is 190 Å². The van der Waals surface area contributed by atoms with Crippen molar-refractivity contribution >= 4 is 44.9 Å². The maximum atomic E-state index is 3.94. The molecular weight excluding hydrogens is 809 g/mol. The maximum Gasteiger partial charge on any atom is 0.0541 e. The number of para-hydroxylation sites is 1. The minimum atomic E-state index is -0.101. The monoisotopic (exact) mass is 856 g/mol. The average Bonchev–Trinajstić information content (AvgIpc) is 3.84. The van der Waals surface area contributed by atoms with Crippen molar-refractivity contribution in [1.82, 2.24) is 4.57 Å². The smallest absolute Gasteiger partial charge is 0.0541 e. The molecule has 2 heteroatoms. The summed E-state index contributed by atoms with van der Waals surface area (Å²) in [5.41, 5.74) is 22.9. The van der Waals surface area contributed by atoms with Gasteiger partial charge in [-0.2, -0.15) is 0 Å². The summed E-state index contributed by atoms with van der Waals surface area (Å²) in [6.45, 7) is 8.64. The highest BCUT2D eigenvalue weighted by molar-refractivity contribution is 6.11. The van der Waals surface area contributed by atoms with Crippen LogP contribution in [0.1, 0.15) is 30.5 Å². The van der Waals surface area contributed by atoms with Crippen molar-refractivity contribution in [1.29, 1.82) is 0 Å². The predicted molar refractivity (Wildman–Crippen MR) is 285 cm³/mol. The van der Waals surface area contributed by atoms with Gasteiger partial charge < -0.3 is 9.47 Å². The molecule has 0 saturated heterocycles. The summed E-state index contributed by atoms with van der Waals surface area (Å²) < 4.78 is 2.39. The van der Waals surface area contributed by atoms with E-state index in [1.54, 1.807) is 0 Å². The normalized spacial score (nSPS) is 12.5. The lowest BCUT2D eigenvalue weighted by Gasteiger charge is -2.28. The second-order valence-corrected chi connectivity index (χ2v) is 18.2. The van der Waals surface area contributed by atoms with Gasteiger partial charge in [-0.05, 0) is 145 Å². The number of aromatic nitrogens is 1. The second kappa shape index (κ2) is 16.2. The van der Waals surface area contributed by atoms with Gasteiger partial charge in [0.05, 0.1) is 11.0 Å². The first-order chi connectivity index (χ1) is 32.9. The van der Waals surface area contributed by atoms with Gasteiger partial charge in [-0.3, -0.25) is 0 Å². The van der Waals surface area contributed by atoms with Gasteiger partial charge in [-0.25, -0.2) is 0 Å². The fraction of sp³-hybridized carbons (Fsp3) is 0.0462. The summed E-state index contributed by atoms with van der Waals surface area (Å²) in [6.07, 6.45) is 1.89. The SMILES string of the molecule is C=Cc1ccc(-c2ccc3c(c2)c2cc(-c4ccc(-c5ccc(N(c6ccc(-c7ccccc7)cc6)c6ccc7c(c6)C(C)(C)c6ccccc6-7)cc5)cc4)ccc2n3-c2ccccc2)cc1. The second-order valence-electron chi connectivity index (χ2n) is 18.2. The van der Waals surface area contributed by atoms with E-state index in [9.17, 15) is 0 Å². The Kier molecular flexibility index (Phi) is 9.69. The summed E-state index contributed by atoms with van der Waals surface area (Å²) in [6, 6.07) is 86.6. The molecule has 2 nitrogen and oxygen atoms in total. The molecule has 0 bridgehead atoms. The third-order valence-corrected chi connectivity index (χ3v) is 14.0. The predicted octanol–water partition coefficient (Wildman–Crippen LogP) is 17.9. The Hall–Kier alpha value is -8.46. The standard InChI is InChI=1S/C65H48N2/c1-4-44-19-21-49(22-20-44)51-31-39-63-59(41-51)60-42-52(32-40-64(60)67(63)53-15-9-6-10-16-53)50-25-23-46(24-26-50)48-29-35-55(36-30-48)66(54-33-27-47(28-34-54)45-13-7-5-8-14-45)56-37-38-58-57-17-11-12-18-61(57)65(2,3)62(58)43-56/h4-43H,1H2,2-3H3. The zero-order chi connectivity index (χ0) is 45.1. The van der Waals surface area contributed by atoms with E-state index in [-0.39, 0.29) is 5.41 Å². The quantitative estimate of drug-likeness (QED) is 0.140. The van der Waals surface area contributed by atoms with Crippen LogP contribution in [0.5, 0.6) is 0 Å². The molecule has 0 N–H and O–H groups in total. The first-order valence-electron chi connectivity index (χ1n) is 23.2. The number of benzene rings is 10. The molecule has 0 saturated carbocycles. The molecule has 67 heavy (non-hydrogen) atoms. The van der Waals surface area contributed by atoms with Gasteiger partial charge in [0.1, 0.15) is 0 Å². The zero-order valence-corrected chi connectivity index (χ0v) is 37.7. The lowest BCUT2D eigenvalue weighted by molar-refractivity contribution is 0.660. The maximum absolute atomic E-state index is 3.94. The molecule has 0 aliphatic heterocycles. The Morgan fingerprint density at radius 1 is 0.373 bits per heavy atom. The minimum absolute atomic E-state index is 0.101. The van der Waals surface area contributed by atoms with Gasteiger partial charge in [0.2, 0.25) is 0 Å². The van der Waals surface area contributed by atoms with Crippen LogP contribution in [0.2, 0.25) is 0 Å². The fourth-order valence-electron chi connectivity index (χ4n) is 10.4. The van der Waals surface area contributed by atoms with E-state index in [1.807, 2.05) is 6.08 Å². The minimum Gasteiger partial charge on any atom is -0.310 e. The summed E-state index contributed by atoms with van der Waals surface area (Å²) in [5.74, 6) is 0. The molecule has 0 amide bonds. The highest BCUT2D eigenvalue weighted by Gasteiger charge is 2.35. The van der Waals surface area contributed by atoms with Crippen LogP contribution >= 0.6 is 0 Å². The molecule has 0 spiro atoms. The molecule has 0 radical (unpaired) electrons. The molecule has 1 aliphatic rings. The summed E-state index contributed by atoms with van der Waals surface area (Å²) in [5, 5.41) is 2.47. The van der Waals surface area contributed by atoms with E-state index in [0.29, 0.717) is 0 Å². The van der Waals surface area contributed by atoms with Crippen LogP contribution in [0.4, 0.5) is 17.1 Å². The molecular formula is C65H48N2. The van der Waals surface area contributed by atoms with Crippen molar-refractivity contribution in [2.45, 2.75) is 19.3 Å². The van der Waals surface area contributed by atoms with Crippen LogP contribution in [0, 0.1) is 0 Å². The summed E-state index contributed by atoms with van der Waals surface area (Å²) in [4.78, 5) is 2.40. The van der Waals surface area contributed by atoms with Crippen LogP contribution in [0.15, 0.2) is 243 Å². The molecule has 1 aromatic heterocycles. The topological polar surface area (TPSA) is 8.17 Å². The Balaban J connectivity index is 0.886. The van der Waals surface area contributed by atoms with Gasteiger partial charge >= 0.3 is 0 Å². The third-order valence-electron chi connectivity index (χ3n) is 14.0. The number of fused-ring (bicyclic) bond motifs is 6. The Labute approximate surface area is 393 Å². The number of rotatable bonds is 9. The van der Waals surface area contributed by atoms with Crippen molar-refractivity contribution in [2.24, 2.45) is 0 Å². The molecule has 0 unspecified atom stereocenters. The lowest BCUT2D eigenvalue weighted by Crippen LogP contribution is -2.16. The Bertz CT molecular complexity index is 3620. The van der Waals surface area contributed by atoms with Crippen molar-refractivity contribution in [3.05, 3.63) is 260 Å². The number of anilines is 3. The van der Waals surface area contributed by atoms with E-state index >= 15 is 0 Å². The number of hydrogen-bond acceptors (Lipinski definition) is 1. The molecule has 1 heterocycles. The van der Waals surface area contributed by atoms with Crippen LogP contribution in [-0.4, -0.2) is 4.57 Å². The van der Waals surface area contributed by atoms with Crippen molar-refractivity contribution in [3.8, 4) is 61.3 Å². The fourth-order valence-corrected chi connectivity index (χ4v) is 10.4. The molecule has 11 aromatic rings. The molecule has 318 valence electrons. The highest BCUT2D eigenvalue weighted by atomic mass is 15.1. The van der Waals surface area contributed by atoms with Crippen molar-refractivity contribution in [2.75, 3.05) is 4.90 Å². The van der Waals surface area contributed by atoms with Gasteiger partial charge in [0, 0.05) is 38.9 Å². The molecule has 0 atom stereocenters. The third kappa shape index (κ3) is 6.97. The Morgan fingerprint density at radius 3 is 1.34 bits per heavy atom. The van der Waals surface area contributed by atoms with Crippen LogP contribution < -0.4 is 4.90 Å². The summed E-state index contributed by atoms with van der Waals surface area (Å²) in [7, 11) is 0. The van der Waals surface area contributed by atoms with E-state index in [1.165, 1.54) is 88.6 Å². The van der Waals surface area contributed by atoms with E-state index < -0.39 is 0 Å². The van der Waals surface area contributed by atoms with Gasteiger partial charge in [-0.15, -0.1) is 0 Å². The summed E-state index contributed by atoms with van der Waals surface area (Å²) >= 11 is 0. The van der Waals surface area contributed by atoms with Gasteiger partial charge in [0.25, 0.3) is 0 Å². The van der Waals surface area contributed by atoms with Crippen LogP contribution in [0.3, 0.4) is 0 Å². The Morgan fingerprint density at radius 2 is 0.791 bits per heavy atom. The molecule has 10 aromatic carbocycles. The first kappa shape index (κ1) is 40.1. The van der Waals surface area contributed by atoms with Crippen molar-refractivity contribution < 1.29 is 0 Å². The zero-order valence-electron chi connectivity index (χ0n) is 37.7. The van der Waals surface area contributed by atoms with E-state index in [4.69, 9.17) is 0 Å². The average molecular weight is 857 g/mol. The van der Waals surface area contributed by atoms with Crippen molar-refractivity contribution in [3.63, 3.8) is 0 Å². The highest BCUT2D eigenvalue weighted by Crippen LogP contribution is 2.51. The van der Waals surface area contributed by atoms with Crippen LogP contribution in [-0.2, 0) is 5.41 Å². The van der Waals surface area contributed by atoms with Crippen LogP contribution in [0.25, 0.3) is 89.2 Å². The van der Waals surface area contributed by atoms with E-state index in [0.717, 1.165) is 28.3 Å². The molecule has 1 aliphatic carbocycles. The molecule has 0 fully saturated rings. The lowest BCUT2D eigenvalue weighted by atomic mass is 9.82. The largest absolute Gasteiger partial charge is 0.310 e. The van der Waals surface area contributed by atoms with E-state index in [2.05, 4.69) is 266 Å². The number of hydrogen-bond donors (Lipinski definition) is 0. The first-order valence-corrected chi connectivity index (χ1v) is 23.2. The number of nitrogens with zero attached hydrogens (tertiary/aromatic N) is 2. The molecule has 12 rings (SSSR count).